The van der Waals surface area contributed by atoms with E-state index >= 15 is 0 Å². The number of aromatic nitrogens is 1. The first-order valence-electron chi connectivity index (χ1n) is 9.17. The van der Waals surface area contributed by atoms with Gasteiger partial charge in [-0.25, -0.2) is 4.98 Å². The van der Waals surface area contributed by atoms with Crippen molar-refractivity contribution in [3.8, 4) is 0 Å². The lowest BCUT2D eigenvalue weighted by atomic mass is 10.1. The van der Waals surface area contributed by atoms with Crippen LogP contribution in [0.5, 0.6) is 0 Å². The number of hydrogen-bond acceptors (Lipinski definition) is 4. The van der Waals surface area contributed by atoms with Gasteiger partial charge in [0.2, 0.25) is 0 Å². The summed E-state index contributed by atoms with van der Waals surface area (Å²) < 4.78 is 5.40. The molecule has 0 bridgehead atoms. The molecule has 2 heterocycles. The van der Waals surface area contributed by atoms with Crippen molar-refractivity contribution < 1.29 is 4.42 Å². The SMILES string of the molecule is Cc1nc(CN(C)C(=NCCc2ccco2)NCCc2ccccc2)cs1. The molecule has 1 N–H and O–H groups in total. The van der Waals surface area contributed by atoms with Crippen molar-refractivity contribution in [1.29, 1.82) is 0 Å². The third-order valence-electron chi connectivity index (χ3n) is 4.17. The molecule has 0 radical (unpaired) electrons. The highest BCUT2D eigenvalue weighted by atomic mass is 32.1. The Kier molecular flexibility index (Phi) is 7.04. The van der Waals surface area contributed by atoms with E-state index in [1.165, 1.54) is 5.56 Å². The van der Waals surface area contributed by atoms with Crippen LogP contribution in [0.15, 0.2) is 63.5 Å². The number of nitrogens with one attached hydrogen (secondary N) is 1. The predicted molar refractivity (Wildman–Crippen MR) is 111 cm³/mol. The Morgan fingerprint density at radius 2 is 2.04 bits per heavy atom. The number of nitrogens with zero attached hydrogens (tertiary/aromatic N) is 3. The van der Waals surface area contributed by atoms with Crippen molar-refractivity contribution in [2.24, 2.45) is 4.99 Å². The van der Waals surface area contributed by atoms with Crippen molar-refractivity contribution >= 4 is 17.3 Å². The second kappa shape index (κ2) is 9.92. The lowest BCUT2D eigenvalue weighted by molar-refractivity contribution is 0.467. The summed E-state index contributed by atoms with van der Waals surface area (Å²) in [6.45, 7) is 4.29. The average molecular weight is 383 g/mol. The Bertz CT molecular complexity index is 827. The second-order valence-corrected chi connectivity index (χ2v) is 7.47. The standard InChI is InChI=1S/C21H26N4OS/c1-17-24-19(16-27-17)15-25(2)21(23-13-11-20-9-6-14-26-20)22-12-10-18-7-4-3-5-8-18/h3-9,14,16H,10-13,15H2,1-2H3,(H,22,23). The summed E-state index contributed by atoms with van der Waals surface area (Å²) in [4.78, 5) is 11.5. The molecular formula is C21H26N4OS. The third kappa shape index (κ3) is 6.25. The lowest BCUT2D eigenvalue weighted by Gasteiger charge is -2.22. The minimum Gasteiger partial charge on any atom is -0.469 e. The maximum Gasteiger partial charge on any atom is 0.194 e. The molecule has 142 valence electrons. The van der Waals surface area contributed by atoms with Gasteiger partial charge in [0.15, 0.2) is 5.96 Å². The molecule has 3 rings (SSSR count). The van der Waals surface area contributed by atoms with Gasteiger partial charge in [-0.05, 0) is 31.0 Å². The zero-order valence-corrected chi connectivity index (χ0v) is 16.7. The van der Waals surface area contributed by atoms with Gasteiger partial charge >= 0.3 is 0 Å². The largest absolute Gasteiger partial charge is 0.469 e. The van der Waals surface area contributed by atoms with Crippen molar-refractivity contribution in [3.63, 3.8) is 0 Å². The van der Waals surface area contributed by atoms with Gasteiger partial charge in [-0.2, -0.15) is 0 Å². The molecule has 6 heteroatoms. The van der Waals surface area contributed by atoms with Crippen LogP contribution < -0.4 is 5.32 Å². The molecule has 0 unspecified atom stereocenters. The Morgan fingerprint density at radius 1 is 1.19 bits per heavy atom. The van der Waals surface area contributed by atoms with Gasteiger partial charge in [0.1, 0.15) is 5.76 Å². The Labute approximate surface area is 164 Å². The van der Waals surface area contributed by atoms with Crippen molar-refractivity contribution in [1.82, 2.24) is 15.2 Å². The van der Waals surface area contributed by atoms with E-state index in [0.29, 0.717) is 6.54 Å². The van der Waals surface area contributed by atoms with Crippen LogP contribution >= 0.6 is 11.3 Å². The van der Waals surface area contributed by atoms with E-state index in [9.17, 15) is 0 Å². The van der Waals surface area contributed by atoms with E-state index in [1.54, 1.807) is 17.6 Å². The van der Waals surface area contributed by atoms with Crippen molar-refractivity contribution in [2.45, 2.75) is 26.3 Å². The Hall–Kier alpha value is -2.60. The van der Waals surface area contributed by atoms with E-state index in [1.807, 2.05) is 25.1 Å². The van der Waals surface area contributed by atoms with Crippen LogP contribution in [-0.4, -0.2) is 36.0 Å². The van der Waals surface area contributed by atoms with Gasteiger partial charge in [-0.1, -0.05) is 30.3 Å². The normalized spacial score (nSPS) is 11.6. The highest BCUT2D eigenvalue weighted by Crippen LogP contribution is 2.10. The number of furan rings is 1. The molecule has 0 aliphatic carbocycles. The summed E-state index contributed by atoms with van der Waals surface area (Å²) in [6, 6.07) is 14.4. The van der Waals surface area contributed by atoms with Crippen LogP contribution in [0.1, 0.15) is 22.0 Å². The minimum atomic E-state index is 0.682. The molecule has 1 aromatic carbocycles. The quantitative estimate of drug-likeness (QED) is 0.474. The number of rotatable bonds is 8. The van der Waals surface area contributed by atoms with E-state index in [-0.39, 0.29) is 0 Å². The molecule has 0 spiro atoms. The highest BCUT2D eigenvalue weighted by Gasteiger charge is 2.09. The van der Waals surface area contributed by atoms with E-state index in [2.05, 4.69) is 51.9 Å². The fourth-order valence-electron chi connectivity index (χ4n) is 2.80. The average Bonchev–Trinajstić information content (AvgIpc) is 3.33. The molecule has 0 aliphatic heterocycles. The third-order valence-corrected chi connectivity index (χ3v) is 4.99. The molecular weight excluding hydrogens is 356 g/mol. The molecule has 0 atom stereocenters. The van der Waals surface area contributed by atoms with Crippen LogP contribution in [-0.2, 0) is 19.4 Å². The first-order valence-corrected chi connectivity index (χ1v) is 10.1. The first-order chi connectivity index (χ1) is 13.2. The molecule has 3 aromatic rings. The fourth-order valence-corrected chi connectivity index (χ4v) is 3.40. The number of guanidine groups is 1. The van der Waals surface area contributed by atoms with E-state index in [0.717, 1.165) is 48.4 Å². The molecule has 0 saturated heterocycles. The number of thiazole rings is 1. The lowest BCUT2D eigenvalue weighted by Crippen LogP contribution is -2.39. The zero-order valence-electron chi connectivity index (χ0n) is 15.9. The van der Waals surface area contributed by atoms with Gasteiger partial charge < -0.3 is 14.6 Å². The minimum absolute atomic E-state index is 0.682. The molecule has 27 heavy (non-hydrogen) atoms. The topological polar surface area (TPSA) is 53.7 Å². The van der Waals surface area contributed by atoms with E-state index < -0.39 is 0 Å². The van der Waals surface area contributed by atoms with Crippen LogP contribution in [0.3, 0.4) is 0 Å². The Morgan fingerprint density at radius 3 is 2.74 bits per heavy atom. The number of aryl methyl sites for hydroxylation is 1. The summed E-state index contributed by atoms with van der Waals surface area (Å²) in [6.07, 6.45) is 3.46. The predicted octanol–water partition coefficient (Wildman–Crippen LogP) is 3.91. The number of aliphatic imine (C=N–C) groups is 1. The van der Waals surface area contributed by atoms with Crippen LogP contribution in [0.4, 0.5) is 0 Å². The maximum absolute atomic E-state index is 5.40. The Balaban J connectivity index is 1.59. The molecule has 5 nitrogen and oxygen atoms in total. The summed E-state index contributed by atoms with van der Waals surface area (Å²) in [5.74, 6) is 1.85. The van der Waals surface area contributed by atoms with Gasteiger partial charge in [0.05, 0.1) is 23.5 Å². The molecule has 2 aromatic heterocycles. The van der Waals surface area contributed by atoms with Gasteiger partial charge in [-0.3, -0.25) is 4.99 Å². The van der Waals surface area contributed by atoms with Crippen molar-refractivity contribution in [2.75, 3.05) is 20.1 Å². The number of benzene rings is 1. The first kappa shape index (κ1) is 19.2. The molecule has 0 fully saturated rings. The zero-order chi connectivity index (χ0) is 18.9. The maximum atomic E-state index is 5.40. The second-order valence-electron chi connectivity index (χ2n) is 6.41. The summed E-state index contributed by atoms with van der Waals surface area (Å²) >= 11 is 1.68. The van der Waals surface area contributed by atoms with Gasteiger partial charge in [-0.15, -0.1) is 11.3 Å². The van der Waals surface area contributed by atoms with Crippen LogP contribution in [0.25, 0.3) is 0 Å². The van der Waals surface area contributed by atoms with Crippen molar-refractivity contribution in [3.05, 3.63) is 76.1 Å². The summed E-state index contributed by atoms with van der Waals surface area (Å²) in [7, 11) is 2.05. The highest BCUT2D eigenvalue weighted by molar-refractivity contribution is 7.09. The van der Waals surface area contributed by atoms with Gasteiger partial charge in [0.25, 0.3) is 0 Å². The van der Waals surface area contributed by atoms with E-state index in [4.69, 9.17) is 9.41 Å². The summed E-state index contributed by atoms with van der Waals surface area (Å²) in [5, 5.41) is 6.69. The van der Waals surface area contributed by atoms with Crippen LogP contribution in [0.2, 0.25) is 0 Å². The molecule has 0 amide bonds. The smallest absolute Gasteiger partial charge is 0.194 e. The van der Waals surface area contributed by atoms with Crippen LogP contribution in [0, 0.1) is 6.92 Å². The molecule has 0 aliphatic rings. The molecule has 0 saturated carbocycles. The number of hydrogen-bond donors (Lipinski definition) is 1. The monoisotopic (exact) mass is 382 g/mol. The van der Waals surface area contributed by atoms with Gasteiger partial charge in [0, 0.05) is 31.9 Å². The fraction of sp³-hybridized carbons (Fsp3) is 0.333. The summed E-state index contributed by atoms with van der Waals surface area (Å²) in [5.41, 5.74) is 2.39.